The van der Waals surface area contributed by atoms with Crippen LogP contribution in [0, 0.1) is 6.92 Å². The summed E-state index contributed by atoms with van der Waals surface area (Å²) in [5, 5.41) is 0. The second kappa shape index (κ2) is 5.14. The zero-order valence-corrected chi connectivity index (χ0v) is 11.2. The fourth-order valence-corrected chi connectivity index (χ4v) is 2.47. The van der Waals surface area contributed by atoms with E-state index in [1.807, 2.05) is 6.92 Å². The minimum atomic E-state index is -3.37. The highest BCUT2D eigenvalue weighted by Crippen LogP contribution is 2.17. The van der Waals surface area contributed by atoms with Crippen LogP contribution in [-0.4, -0.2) is 25.0 Å². The van der Waals surface area contributed by atoms with Gasteiger partial charge in [-0.3, -0.25) is 4.72 Å². The Kier molecular flexibility index (Phi) is 4.36. The second-order valence-electron chi connectivity index (χ2n) is 2.93. The average Bonchev–Trinajstić information content (AvgIpc) is 2.10. The summed E-state index contributed by atoms with van der Waals surface area (Å²) in [6, 6.07) is 1.65. The van der Waals surface area contributed by atoms with E-state index in [9.17, 15) is 8.42 Å². The van der Waals surface area contributed by atoms with Crippen molar-refractivity contribution in [2.45, 2.75) is 6.92 Å². The van der Waals surface area contributed by atoms with Gasteiger partial charge in [0.1, 0.15) is 5.82 Å². The molecule has 7 heteroatoms. The summed E-state index contributed by atoms with van der Waals surface area (Å²) in [7, 11) is -3.37. The van der Waals surface area contributed by atoms with Gasteiger partial charge in [0.2, 0.25) is 10.0 Å². The standard InChI is InChI=1S/C8H10BrClN2O2S/c1-6-4-8(11-5-7(6)9)12-15(13,14)3-2-10/h4-5H,2-3H2,1H3,(H,11,12). The van der Waals surface area contributed by atoms with Gasteiger partial charge in [0.15, 0.2) is 0 Å². The largest absolute Gasteiger partial charge is 0.267 e. The third kappa shape index (κ3) is 3.96. The smallest absolute Gasteiger partial charge is 0.235 e. The molecule has 0 bridgehead atoms. The molecule has 0 fully saturated rings. The molecule has 4 nitrogen and oxygen atoms in total. The highest BCUT2D eigenvalue weighted by Gasteiger charge is 2.10. The molecule has 1 rings (SSSR count). The van der Waals surface area contributed by atoms with Crippen LogP contribution in [0.15, 0.2) is 16.7 Å². The van der Waals surface area contributed by atoms with Gasteiger partial charge in [-0.25, -0.2) is 13.4 Å². The number of alkyl halides is 1. The lowest BCUT2D eigenvalue weighted by Crippen LogP contribution is -2.18. The summed E-state index contributed by atoms with van der Waals surface area (Å²) in [6.07, 6.45) is 1.55. The van der Waals surface area contributed by atoms with Crippen LogP contribution >= 0.6 is 27.5 Å². The first-order valence-electron chi connectivity index (χ1n) is 4.13. The Bertz CT molecular complexity index is 450. The molecule has 0 aromatic carbocycles. The number of pyridine rings is 1. The Balaban J connectivity index is 2.86. The number of hydrogen-bond acceptors (Lipinski definition) is 3. The molecular weight excluding hydrogens is 304 g/mol. The molecule has 1 aromatic heterocycles. The SMILES string of the molecule is Cc1cc(NS(=O)(=O)CCCl)ncc1Br. The van der Waals surface area contributed by atoms with Gasteiger partial charge in [-0.1, -0.05) is 0 Å². The van der Waals surface area contributed by atoms with Gasteiger partial charge in [0.05, 0.1) is 5.75 Å². The summed E-state index contributed by atoms with van der Waals surface area (Å²) in [5.41, 5.74) is 0.911. The van der Waals surface area contributed by atoms with E-state index in [2.05, 4.69) is 25.6 Å². The van der Waals surface area contributed by atoms with Crippen molar-refractivity contribution in [3.8, 4) is 0 Å². The van der Waals surface area contributed by atoms with Gasteiger partial charge in [-0.15, -0.1) is 11.6 Å². The van der Waals surface area contributed by atoms with Gasteiger partial charge in [-0.2, -0.15) is 0 Å². The lowest BCUT2D eigenvalue weighted by molar-refractivity contribution is 0.602. The number of halogens is 2. The van der Waals surface area contributed by atoms with E-state index < -0.39 is 10.0 Å². The predicted molar refractivity (Wildman–Crippen MR) is 64.8 cm³/mol. The van der Waals surface area contributed by atoms with E-state index in [1.165, 1.54) is 0 Å². The van der Waals surface area contributed by atoms with Gasteiger partial charge in [0.25, 0.3) is 0 Å². The van der Waals surface area contributed by atoms with Crippen molar-refractivity contribution < 1.29 is 8.42 Å². The molecule has 1 N–H and O–H groups in total. The van der Waals surface area contributed by atoms with Crippen LogP contribution in [0.5, 0.6) is 0 Å². The molecule has 0 aliphatic heterocycles. The molecule has 0 aliphatic carbocycles. The number of aryl methyl sites for hydroxylation is 1. The predicted octanol–water partition coefficient (Wildman–Crippen LogP) is 2.13. The topological polar surface area (TPSA) is 59.1 Å². The summed E-state index contributed by atoms with van der Waals surface area (Å²) >= 11 is 8.64. The summed E-state index contributed by atoms with van der Waals surface area (Å²) < 4.78 is 25.9. The number of rotatable bonds is 4. The van der Waals surface area contributed by atoms with Crippen LogP contribution in [0.2, 0.25) is 0 Å². The molecular formula is C8H10BrClN2O2S. The number of anilines is 1. The van der Waals surface area contributed by atoms with Gasteiger partial charge in [-0.05, 0) is 34.5 Å². The molecule has 15 heavy (non-hydrogen) atoms. The number of hydrogen-bond donors (Lipinski definition) is 1. The Morgan fingerprint density at radius 2 is 2.27 bits per heavy atom. The Morgan fingerprint density at radius 1 is 1.60 bits per heavy atom. The van der Waals surface area contributed by atoms with Crippen molar-refractivity contribution in [3.63, 3.8) is 0 Å². The van der Waals surface area contributed by atoms with Crippen molar-refractivity contribution in [2.24, 2.45) is 0 Å². The summed E-state index contributed by atoms with van der Waals surface area (Å²) in [6.45, 7) is 1.85. The van der Waals surface area contributed by atoms with Gasteiger partial charge >= 0.3 is 0 Å². The average molecular weight is 314 g/mol. The Hall–Kier alpha value is -0.330. The maximum absolute atomic E-state index is 11.3. The number of nitrogens with one attached hydrogen (secondary N) is 1. The molecule has 0 saturated carbocycles. The Morgan fingerprint density at radius 3 is 2.80 bits per heavy atom. The van der Waals surface area contributed by atoms with Crippen LogP contribution in [0.1, 0.15) is 5.56 Å². The number of aromatic nitrogens is 1. The van der Waals surface area contributed by atoms with E-state index in [-0.39, 0.29) is 11.6 Å². The fraction of sp³-hybridized carbons (Fsp3) is 0.375. The first-order valence-corrected chi connectivity index (χ1v) is 7.11. The third-order valence-electron chi connectivity index (χ3n) is 1.65. The monoisotopic (exact) mass is 312 g/mol. The van der Waals surface area contributed by atoms with Crippen LogP contribution in [-0.2, 0) is 10.0 Å². The molecule has 0 aliphatic rings. The number of nitrogens with zero attached hydrogens (tertiary/aromatic N) is 1. The molecule has 0 unspecified atom stereocenters. The van der Waals surface area contributed by atoms with Crippen molar-refractivity contribution in [3.05, 3.63) is 22.3 Å². The highest BCUT2D eigenvalue weighted by atomic mass is 79.9. The minimum Gasteiger partial charge on any atom is -0.267 e. The van der Waals surface area contributed by atoms with Crippen LogP contribution in [0.3, 0.4) is 0 Å². The molecule has 0 atom stereocenters. The van der Waals surface area contributed by atoms with Crippen LogP contribution < -0.4 is 4.72 Å². The van der Waals surface area contributed by atoms with Crippen molar-refractivity contribution >= 4 is 43.4 Å². The normalized spacial score (nSPS) is 11.4. The molecule has 0 saturated heterocycles. The zero-order valence-electron chi connectivity index (χ0n) is 8.00. The zero-order chi connectivity index (χ0) is 11.5. The lowest BCUT2D eigenvalue weighted by Gasteiger charge is -2.06. The quantitative estimate of drug-likeness (QED) is 0.866. The lowest BCUT2D eigenvalue weighted by atomic mass is 10.3. The van der Waals surface area contributed by atoms with E-state index in [1.54, 1.807) is 12.3 Å². The molecule has 0 radical (unpaired) electrons. The maximum atomic E-state index is 11.3. The van der Waals surface area contributed by atoms with E-state index >= 15 is 0 Å². The first kappa shape index (κ1) is 12.7. The molecule has 84 valence electrons. The first-order chi connectivity index (χ1) is 6.94. The second-order valence-corrected chi connectivity index (χ2v) is 6.00. The number of sulfonamides is 1. The molecule has 0 spiro atoms. The molecule has 1 aromatic rings. The van der Waals surface area contributed by atoms with Crippen molar-refractivity contribution in [1.29, 1.82) is 0 Å². The fourth-order valence-electron chi connectivity index (χ4n) is 0.907. The maximum Gasteiger partial charge on any atom is 0.235 e. The molecule has 0 amide bonds. The van der Waals surface area contributed by atoms with Crippen LogP contribution in [0.4, 0.5) is 5.82 Å². The summed E-state index contributed by atoms with van der Waals surface area (Å²) in [5.74, 6) is 0.247. The Labute approximate surface area is 102 Å². The van der Waals surface area contributed by atoms with E-state index in [4.69, 9.17) is 11.6 Å². The van der Waals surface area contributed by atoms with E-state index in [0.717, 1.165) is 10.0 Å². The van der Waals surface area contributed by atoms with Gasteiger partial charge in [0, 0.05) is 16.5 Å². The van der Waals surface area contributed by atoms with Crippen molar-refractivity contribution in [1.82, 2.24) is 4.98 Å². The molecule has 1 heterocycles. The van der Waals surface area contributed by atoms with Crippen molar-refractivity contribution in [2.75, 3.05) is 16.4 Å². The summed E-state index contributed by atoms with van der Waals surface area (Å²) in [4.78, 5) is 3.93. The third-order valence-corrected chi connectivity index (χ3v) is 4.16. The van der Waals surface area contributed by atoms with Crippen LogP contribution in [0.25, 0.3) is 0 Å². The van der Waals surface area contributed by atoms with Gasteiger partial charge < -0.3 is 0 Å². The minimum absolute atomic E-state index is 0.0604. The highest BCUT2D eigenvalue weighted by molar-refractivity contribution is 9.10. The van der Waals surface area contributed by atoms with E-state index in [0.29, 0.717) is 5.82 Å².